The van der Waals surface area contributed by atoms with Crippen molar-refractivity contribution in [3.63, 3.8) is 0 Å². The maximum atomic E-state index is 12.7. The first-order valence-corrected chi connectivity index (χ1v) is 8.04. The van der Waals surface area contributed by atoms with Crippen molar-refractivity contribution in [3.05, 3.63) is 88.5 Å². The van der Waals surface area contributed by atoms with E-state index in [0.29, 0.717) is 17.2 Å². The molecule has 7 nitrogen and oxygen atoms in total. The zero-order valence-electron chi connectivity index (χ0n) is 14.4. The van der Waals surface area contributed by atoms with Gasteiger partial charge in [-0.15, -0.1) is 0 Å². The Morgan fingerprint density at radius 2 is 1.67 bits per heavy atom. The number of nitrogens with zero attached hydrogens (tertiary/aromatic N) is 1. The Balaban J connectivity index is 1.88. The number of para-hydroxylation sites is 2. The summed E-state index contributed by atoms with van der Waals surface area (Å²) in [6, 6.07) is 19.9. The van der Waals surface area contributed by atoms with Crippen LogP contribution in [0.15, 0.2) is 72.8 Å². The van der Waals surface area contributed by atoms with Crippen LogP contribution in [0.25, 0.3) is 0 Å². The van der Waals surface area contributed by atoms with Gasteiger partial charge >= 0.3 is 0 Å². The van der Waals surface area contributed by atoms with Crippen LogP contribution in [0.5, 0.6) is 17.2 Å². The van der Waals surface area contributed by atoms with Crippen molar-refractivity contribution in [1.29, 1.82) is 0 Å². The summed E-state index contributed by atoms with van der Waals surface area (Å²) in [5, 5.41) is 13.9. The van der Waals surface area contributed by atoms with Crippen LogP contribution in [0.3, 0.4) is 0 Å². The average molecular weight is 364 g/mol. The van der Waals surface area contributed by atoms with E-state index >= 15 is 0 Å². The predicted octanol–water partition coefficient (Wildman–Crippen LogP) is 4.65. The Morgan fingerprint density at radius 1 is 0.963 bits per heavy atom. The van der Waals surface area contributed by atoms with Gasteiger partial charge in [-0.25, -0.2) is 0 Å². The smallest absolute Gasteiger partial charge is 0.296 e. The van der Waals surface area contributed by atoms with Gasteiger partial charge in [-0.05, 0) is 36.4 Å². The number of anilines is 1. The lowest BCUT2D eigenvalue weighted by molar-refractivity contribution is -0.384. The minimum Gasteiger partial charge on any atom is -0.496 e. The number of hydrogen-bond acceptors (Lipinski definition) is 5. The Hall–Kier alpha value is -3.87. The number of nitro benzene ring substituents is 1. The molecule has 0 unspecified atom stereocenters. The van der Waals surface area contributed by atoms with Crippen molar-refractivity contribution in [1.82, 2.24) is 0 Å². The lowest BCUT2D eigenvalue weighted by atomic mass is 10.1. The molecule has 1 amide bonds. The van der Waals surface area contributed by atoms with Gasteiger partial charge in [0.15, 0.2) is 0 Å². The number of nitrogens with one attached hydrogen (secondary N) is 1. The SMILES string of the molecule is COc1ccc(NC(=O)c2ccccc2Oc2ccccc2)c([N+](=O)[O-])c1. The van der Waals surface area contributed by atoms with Gasteiger partial charge in [-0.3, -0.25) is 14.9 Å². The quantitative estimate of drug-likeness (QED) is 0.508. The Morgan fingerprint density at radius 3 is 2.37 bits per heavy atom. The second kappa shape index (κ2) is 8.01. The van der Waals surface area contributed by atoms with Crippen molar-refractivity contribution >= 4 is 17.3 Å². The largest absolute Gasteiger partial charge is 0.496 e. The molecule has 136 valence electrons. The normalized spacial score (nSPS) is 10.1. The molecule has 0 spiro atoms. The highest BCUT2D eigenvalue weighted by Crippen LogP contribution is 2.31. The van der Waals surface area contributed by atoms with Crippen molar-refractivity contribution < 1.29 is 19.2 Å². The number of hydrogen-bond donors (Lipinski definition) is 1. The predicted molar refractivity (Wildman–Crippen MR) is 101 cm³/mol. The summed E-state index contributed by atoms with van der Waals surface area (Å²) < 4.78 is 10.8. The molecular weight excluding hydrogens is 348 g/mol. The van der Waals surface area contributed by atoms with Crippen LogP contribution in [-0.2, 0) is 0 Å². The topological polar surface area (TPSA) is 90.7 Å². The van der Waals surface area contributed by atoms with Gasteiger partial charge in [0.2, 0.25) is 0 Å². The molecule has 0 atom stereocenters. The summed E-state index contributed by atoms with van der Waals surface area (Å²) in [4.78, 5) is 23.4. The zero-order chi connectivity index (χ0) is 19.2. The van der Waals surface area contributed by atoms with E-state index < -0.39 is 10.8 Å². The maximum absolute atomic E-state index is 12.7. The van der Waals surface area contributed by atoms with E-state index in [-0.39, 0.29) is 16.9 Å². The first-order chi connectivity index (χ1) is 13.1. The van der Waals surface area contributed by atoms with Crippen molar-refractivity contribution in [2.75, 3.05) is 12.4 Å². The second-order valence-electron chi connectivity index (χ2n) is 5.51. The van der Waals surface area contributed by atoms with Crippen LogP contribution in [-0.4, -0.2) is 17.9 Å². The van der Waals surface area contributed by atoms with Gasteiger partial charge in [0.05, 0.1) is 23.7 Å². The fourth-order valence-corrected chi connectivity index (χ4v) is 2.44. The minimum absolute atomic E-state index is 0.0697. The molecule has 0 heterocycles. The molecule has 0 radical (unpaired) electrons. The van der Waals surface area contributed by atoms with Gasteiger partial charge in [-0.2, -0.15) is 0 Å². The van der Waals surface area contributed by atoms with E-state index in [4.69, 9.17) is 9.47 Å². The fraction of sp³-hybridized carbons (Fsp3) is 0.0500. The van der Waals surface area contributed by atoms with E-state index in [1.165, 1.54) is 25.3 Å². The summed E-state index contributed by atoms with van der Waals surface area (Å²) in [5.41, 5.74) is 0.0657. The summed E-state index contributed by atoms with van der Waals surface area (Å²) in [6.45, 7) is 0. The molecule has 0 aromatic heterocycles. The lowest BCUT2D eigenvalue weighted by Gasteiger charge is -2.12. The van der Waals surface area contributed by atoms with Crippen molar-refractivity contribution in [2.24, 2.45) is 0 Å². The van der Waals surface area contributed by atoms with E-state index in [1.807, 2.05) is 18.2 Å². The Labute approximate surface area is 155 Å². The van der Waals surface area contributed by atoms with E-state index in [1.54, 1.807) is 36.4 Å². The van der Waals surface area contributed by atoms with Crippen LogP contribution in [0.1, 0.15) is 10.4 Å². The molecule has 0 aliphatic heterocycles. The highest BCUT2D eigenvalue weighted by molar-refractivity contribution is 6.07. The molecule has 0 saturated heterocycles. The van der Waals surface area contributed by atoms with Crippen molar-refractivity contribution in [2.45, 2.75) is 0 Å². The van der Waals surface area contributed by atoms with Gasteiger partial charge in [0.25, 0.3) is 11.6 Å². The number of nitro groups is 1. The van der Waals surface area contributed by atoms with E-state index in [9.17, 15) is 14.9 Å². The second-order valence-corrected chi connectivity index (χ2v) is 5.51. The number of amides is 1. The molecule has 0 bridgehead atoms. The molecule has 27 heavy (non-hydrogen) atoms. The highest BCUT2D eigenvalue weighted by Gasteiger charge is 2.20. The molecule has 3 rings (SSSR count). The molecule has 7 heteroatoms. The van der Waals surface area contributed by atoms with Gasteiger partial charge < -0.3 is 14.8 Å². The summed E-state index contributed by atoms with van der Waals surface area (Å²) in [5.74, 6) is 0.729. The number of carbonyl (C=O) groups is 1. The van der Waals surface area contributed by atoms with Gasteiger partial charge in [0, 0.05) is 0 Å². The standard InChI is InChI=1S/C20H16N2O5/c1-26-15-11-12-17(18(13-15)22(24)25)21-20(23)16-9-5-6-10-19(16)27-14-7-3-2-4-8-14/h2-13H,1H3,(H,21,23). The third-order valence-corrected chi connectivity index (χ3v) is 3.75. The number of rotatable bonds is 6. The summed E-state index contributed by atoms with van der Waals surface area (Å²) >= 11 is 0. The molecule has 3 aromatic carbocycles. The van der Waals surface area contributed by atoms with E-state index in [2.05, 4.69) is 5.32 Å². The first-order valence-electron chi connectivity index (χ1n) is 8.04. The monoisotopic (exact) mass is 364 g/mol. The van der Waals surface area contributed by atoms with Crippen LogP contribution >= 0.6 is 0 Å². The van der Waals surface area contributed by atoms with Gasteiger partial charge in [0.1, 0.15) is 22.9 Å². The molecule has 0 saturated carbocycles. The molecule has 3 aromatic rings. The Kier molecular flexibility index (Phi) is 5.32. The summed E-state index contributed by atoms with van der Waals surface area (Å²) in [7, 11) is 1.41. The number of benzene rings is 3. The number of carbonyl (C=O) groups excluding carboxylic acids is 1. The van der Waals surface area contributed by atoms with Gasteiger partial charge in [-0.1, -0.05) is 30.3 Å². The minimum atomic E-state index is -0.579. The fourth-order valence-electron chi connectivity index (χ4n) is 2.44. The maximum Gasteiger partial charge on any atom is 0.296 e. The van der Waals surface area contributed by atoms with Crippen LogP contribution in [0.2, 0.25) is 0 Å². The average Bonchev–Trinajstić information content (AvgIpc) is 2.69. The third kappa shape index (κ3) is 4.21. The molecule has 0 fully saturated rings. The summed E-state index contributed by atoms with van der Waals surface area (Å²) in [6.07, 6.45) is 0. The van der Waals surface area contributed by atoms with E-state index in [0.717, 1.165) is 0 Å². The van der Waals surface area contributed by atoms with Crippen LogP contribution in [0.4, 0.5) is 11.4 Å². The third-order valence-electron chi connectivity index (χ3n) is 3.75. The number of ether oxygens (including phenoxy) is 2. The first kappa shape index (κ1) is 17.9. The molecular formula is C20H16N2O5. The molecule has 0 aliphatic rings. The lowest BCUT2D eigenvalue weighted by Crippen LogP contribution is -2.14. The molecule has 1 N–H and O–H groups in total. The zero-order valence-corrected chi connectivity index (χ0v) is 14.4. The highest BCUT2D eigenvalue weighted by atomic mass is 16.6. The Bertz CT molecular complexity index is 973. The van der Waals surface area contributed by atoms with Crippen molar-refractivity contribution in [3.8, 4) is 17.2 Å². The molecule has 0 aliphatic carbocycles. The van der Waals surface area contributed by atoms with Crippen LogP contribution in [0, 0.1) is 10.1 Å². The van der Waals surface area contributed by atoms with Crippen LogP contribution < -0.4 is 14.8 Å². The number of methoxy groups -OCH3 is 1.